The van der Waals surface area contributed by atoms with Crippen LogP contribution in [-0.4, -0.2) is 44.7 Å². The molecule has 0 fully saturated rings. The van der Waals surface area contributed by atoms with Gasteiger partial charge in [-0.3, -0.25) is 0 Å². The van der Waals surface area contributed by atoms with E-state index >= 15 is 0 Å². The second kappa shape index (κ2) is 7.78. The molecule has 2 rings (SSSR count). The molecule has 0 aliphatic carbocycles. The van der Waals surface area contributed by atoms with Crippen LogP contribution in [-0.2, 0) is 11.3 Å². The zero-order valence-corrected chi connectivity index (χ0v) is 14.0. The first-order valence-electron chi connectivity index (χ1n) is 7.58. The van der Waals surface area contributed by atoms with Gasteiger partial charge in [0.05, 0.1) is 19.3 Å². The Balaban J connectivity index is 1.83. The van der Waals surface area contributed by atoms with Crippen LogP contribution < -0.4 is 10.1 Å². The second-order valence-electron chi connectivity index (χ2n) is 6.08. The van der Waals surface area contributed by atoms with Gasteiger partial charge in [0.1, 0.15) is 18.0 Å². The Kier molecular flexibility index (Phi) is 5.75. The van der Waals surface area contributed by atoms with Crippen LogP contribution in [0, 0.1) is 0 Å². The topological polar surface area (TPSA) is 98.5 Å². The van der Waals surface area contributed by atoms with Gasteiger partial charge in [-0.1, -0.05) is 0 Å². The number of ether oxygens (including phenoxy) is 2. The number of aliphatic hydroxyl groups is 1. The molecule has 0 aliphatic heterocycles. The van der Waals surface area contributed by atoms with E-state index in [2.05, 4.69) is 15.4 Å². The van der Waals surface area contributed by atoms with E-state index in [1.807, 2.05) is 0 Å². The standard InChI is InChI=1S/C16H22N4O4/c1-16(2,3)24-15(22)18-6-7-23-13-4-5-17-14(8-13)20-10-12(11-21)9-19-20/h4-5,8-10,21H,6-7,11H2,1-3H3,(H,18,22). The fraction of sp³-hybridized carbons (Fsp3) is 0.438. The van der Waals surface area contributed by atoms with E-state index in [1.54, 1.807) is 56.2 Å². The number of aromatic nitrogens is 3. The summed E-state index contributed by atoms with van der Waals surface area (Å²) in [7, 11) is 0. The quantitative estimate of drug-likeness (QED) is 0.780. The molecule has 8 heteroatoms. The van der Waals surface area contributed by atoms with Crippen molar-refractivity contribution in [3.05, 3.63) is 36.3 Å². The normalized spacial score (nSPS) is 11.2. The molecule has 8 nitrogen and oxygen atoms in total. The highest BCUT2D eigenvalue weighted by Crippen LogP contribution is 2.14. The van der Waals surface area contributed by atoms with Gasteiger partial charge in [0.2, 0.25) is 0 Å². The first-order valence-corrected chi connectivity index (χ1v) is 7.58. The van der Waals surface area contributed by atoms with Crippen LogP contribution >= 0.6 is 0 Å². The third kappa shape index (κ3) is 5.54. The minimum absolute atomic E-state index is 0.0769. The lowest BCUT2D eigenvalue weighted by Crippen LogP contribution is -2.34. The number of carbonyl (C=O) groups is 1. The number of rotatable bonds is 6. The lowest BCUT2D eigenvalue weighted by atomic mass is 10.2. The van der Waals surface area contributed by atoms with Crippen LogP contribution in [0.5, 0.6) is 5.75 Å². The zero-order valence-electron chi connectivity index (χ0n) is 14.0. The molecule has 2 aromatic rings. The molecule has 0 unspecified atom stereocenters. The molecule has 2 aromatic heterocycles. The number of alkyl carbamates (subject to hydrolysis) is 1. The largest absolute Gasteiger partial charge is 0.492 e. The highest BCUT2D eigenvalue weighted by Gasteiger charge is 2.15. The molecule has 24 heavy (non-hydrogen) atoms. The zero-order chi connectivity index (χ0) is 17.6. The van der Waals surface area contributed by atoms with Gasteiger partial charge >= 0.3 is 6.09 Å². The third-order valence-corrected chi connectivity index (χ3v) is 2.81. The van der Waals surface area contributed by atoms with Crippen molar-refractivity contribution in [3.8, 4) is 11.6 Å². The summed E-state index contributed by atoms with van der Waals surface area (Å²) in [6.07, 6.45) is 4.39. The Hall–Kier alpha value is -2.61. The predicted molar refractivity (Wildman–Crippen MR) is 87.0 cm³/mol. The number of hydrogen-bond acceptors (Lipinski definition) is 6. The van der Waals surface area contributed by atoms with Crippen LogP contribution in [0.3, 0.4) is 0 Å². The maximum Gasteiger partial charge on any atom is 0.407 e. The van der Waals surface area contributed by atoms with Crippen molar-refractivity contribution in [2.75, 3.05) is 13.2 Å². The summed E-state index contributed by atoms with van der Waals surface area (Å²) in [6.45, 7) is 5.95. The van der Waals surface area contributed by atoms with E-state index in [-0.39, 0.29) is 6.61 Å². The molecule has 0 bridgehead atoms. The average molecular weight is 334 g/mol. The summed E-state index contributed by atoms with van der Waals surface area (Å²) in [5.41, 5.74) is 0.173. The second-order valence-corrected chi connectivity index (χ2v) is 6.08. The van der Waals surface area contributed by atoms with Crippen LogP contribution in [0.25, 0.3) is 5.82 Å². The summed E-state index contributed by atoms with van der Waals surface area (Å²) in [6, 6.07) is 3.44. The Bertz CT molecular complexity index is 679. The fourth-order valence-corrected chi connectivity index (χ4v) is 1.82. The number of carbonyl (C=O) groups excluding carboxylic acids is 1. The van der Waals surface area contributed by atoms with E-state index in [4.69, 9.17) is 14.6 Å². The smallest absolute Gasteiger partial charge is 0.407 e. The van der Waals surface area contributed by atoms with Crippen molar-refractivity contribution in [2.24, 2.45) is 0 Å². The highest BCUT2D eigenvalue weighted by atomic mass is 16.6. The number of amides is 1. The molecule has 2 heterocycles. The van der Waals surface area contributed by atoms with E-state index in [1.165, 1.54) is 0 Å². The van der Waals surface area contributed by atoms with Gasteiger partial charge in [0.25, 0.3) is 0 Å². The minimum Gasteiger partial charge on any atom is -0.492 e. The molecule has 0 aromatic carbocycles. The van der Waals surface area contributed by atoms with Crippen LogP contribution in [0.1, 0.15) is 26.3 Å². The number of nitrogens with zero attached hydrogens (tertiary/aromatic N) is 3. The van der Waals surface area contributed by atoms with Crippen LogP contribution in [0.2, 0.25) is 0 Å². The van der Waals surface area contributed by atoms with Gasteiger partial charge in [-0.2, -0.15) is 5.10 Å². The maximum absolute atomic E-state index is 11.5. The van der Waals surface area contributed by atoms with Gasteiger partial charge in [-0.25, -0.2) is 14.5 Å². The lowest BCUT2D eigenvalue weighted by molar-refractivity contribution is 0.0520. The molecule has 0 atom stereocenters. The summed E-state index contributed by atoms with van der Waals surface area (Å²) in [5.74, 6) is 1.18. The van der Waals surface area contributed by atoms with E-state index in [0.29, 0.717) is 30.3 Å². The maximum atomic E-state index is 11.5. The summed E-state index contributed by atoms with van der Waals surface area (Å²) >= 11 is 0. The molecular weight excluding hydrogens is 312 g/mol. The molecule has 0 aliphatic rings. The molecule has 0 spiro atoms. The van der Waals surface area contributed by atoms with E-state index < -0.39 is 11.7 Å². The molecule has 130 valence electrons. The number of hydrogen-bond donors (Lipinski definition) is 2. The van der Waals surface area contributed by atoms with Crippen molar-refractivity contribution in [2.45, 2.75) is 33.0 Å². The third-order valence-electron chi connectivity index (χ3n) is 2.81. The van der Waals surface area contributed by atoms with E-state index in [0.717, 1.165) is 0 Å². The van der Waals surface area contributed by atoms with E-state index in [9.17, 15) is 4.79 Å². The first kappa shape index (κ1) is 17.7. The van der Waals surface area contributed by atoms with Gasteiger partial charge in [0, 0.05) is 24.0 Å². The number of aliphatic hydroxyl groups excluding tert-OH is 1. The van der Waals surface area contributed by atoms with Crippen molar-refractivity contribution >= 4 is 6.09 Å². The molecule has 2 N–H and O–H groups in total. The minimum atomic E-state index is -0.526. The Morgan fingerprint density at radius 1 is 1.42 bits per heavy atom. The summed E-state index contributed by atoms with van der Waals surface area (Å²) in [5, 5.41) is 15.8. The molecule has 0 saturated carbocycles. The lowest BCUT2D eigenvalue weighted by Gasteiger charge is -2.19. The summed E-state index contributed by atoms with van der Waals surface area (Å²) < 4.78 is 12.3. The predicted octanol–water partition coefficient (Wildman–Crippen LogP) is 1.66. The highest BCUT2D eigenvalue weighted by molar-refractivity contribution is 5.67. The molecular formula is C16H22N4O4. The summed E-state index contributed by atoms with van der Waals surface area (Å²) in [4.78, 5) is 15.7. The van der Waals surface area contributed by atoms with Crippen molar-refractivity contribution in [1.82, 2.24) is 20.1 Å². The Labute approximate surface area is 140 Å². The SMILES string of the molecule is CC(C)(C)OC(=O)NCCOc1ccnc(-n2cc(CO)cn2)c1. The van der Waals surface area contributed by atoms with Crippen molar-refractivity contribution in [3.63, 3.8) is 0 Å². The van der Waals surface area contributed by atoms with Gasteiger partial charge in [0.15, 0.2) is 5.82 Å². The van der Waals surface area contributed by atoms with Gasteiger partial charge in [-0.15, -0.1) is 0 Å². The monoisotopic (exact) mass is 334 g/mol. The fourth-order valence-electron chi connectivity index (χ4n) is 1.82. The van der Waals surface area contributed by atoms with Crippen molar-refractivity contribution in [1.29, 1.82) is 0 Å². The van der Waals surface area contributed by atoms with Gasteiger partial charge in [-0.05, 0) is 26.8 Å². The number of pyridine rings is 1. The Morgan fingerprint density at radius 2 is 2.21 bits per heavy atom. The van der Waals surface area contributed by atoms with Crippen LogP contribution in [0.4, 0.5) is 4.79 Å². The van der Waals surface area contributed by atoms with Crippen molar-refractivity contribution < 1.29 is 19.4 Å². The van der Waals surface area contributed by atoms with Crippen LogP contribution in [0.15, 0.2) is 30.7 Å². The molecule has 0 radical (unpaired) electrons. The molecule has 1 amide bonds. The number of nitrogens with one attached hydrogen (secondary N) is 1. The molecule has 0 saturated heterocycles. The van der Waals surface area contributed by atoms with Gasteiger partial charge < -0.3 is 19.9 Å². The Morgan fingerprint density at radius 3 is 2.88 bits per heavy atom. The average Bonchev–Trinajstić information content (AvgIpc) is 2.99. The first-order chi connectivity index (χ1) is 11.4.